The average Bonchev–Trinajstić information content (AvgIpc) is 2.89. The highest BCUT2D eigenvalue weighted by molar-refractivity contribution is 6.31. The van der Waals surface area contributed by atoms with E-state index in [4.69, 9.17) is 16.3 Å². The summed E-state index contributed by atoms with van der Waals surface area (Å²) < 4.78 is 4.97. The number of nitrogens with one attached hydrogen (secondary N) is 2. The van der Waals surface area contributed by atoms with Crippen molar-refractivity contribution in [1.82, 2.24) is 10.6 Å². The van der Waals surface area contributed by atoms with Gasteiger partial charge in [-0.25, -0.2) is 0 Å². The van der Waals surface area contributed by atoms with Crippen LogP contribution in [0.3, 0.4) is 0 Å². The zero-order valence-corrected chi connectivity index (χ0v) is 21.3. The highest BCUT2D eigenvalue weighted by Crippen LogP contribution is 2.14. The maximum Gasteiger partial charge on any atom is 0.207 e. The summed E-state index contributed by atoms with van der Waals surface area (Å²) in [5.74, 6) is 0.917. The normalized spacial score (nSPS) is 8.85. The molecule has 0 fully saturated rings. The standard InChI is InChI=1S/C8H9Cl.C8H10O.C8H10.C4H8N2O2/c1-2-7-5-3-4-6-8(7)9;1-7-3-5-8(9-2)6-4-7;1-2-8-6-4-3-5-7-8;7-3-5-1-2-6-4-8/h3-6H,2H2,1H3;3-6H,1-2H3;3-7H,2H2,1H3;3-4H,1-2H2,(H,5,7)(H,6,8). The molecular formula is C28H37ClN2O3. The Hall–Kier alpha value is -3.31. The van der Waals surface area contributed by atoms with Crippen LogP contribution in [0.1, 0.15) is 30.5 Å². The van der Waals surface area contributed by atoms with Crippen LogP contribution in [0.4, 0.5) is 0 Å². The molecule has 2 N–H and O–H groups in total. The Morgan fingerprint density at radius 2 is 1.29 bits per heavy atom. The molecule has 3 aromatic rings. The first-order chi connectivity index (χ1) is 16.5. The van der Waals surface area contributed by atoms with Crippen LogP contribution in [-0.4, -0.2) is 33.0 Å². The topological polar surface area (TPSA) is 67.4 Å². The fourth-order valence-corrected chi connectivity index (χ4v) is 2.70. The molecule has 0 aliphatic heterocycles. The Labute approximate surface area is 209 Å². The first kappa shape index (κ1) is 30.7. The molecule has 5 nitrogen and oxygen atoms in total. The number of hydrogen-bond acceptors (Lipinski definition) is 3. The third-order valence-electron chi connectivity index (χ3n) is 4.43. The van der Waals surface area contributed by atoms with Crippen LogP contribution < -0.4 is 15.4 Å². The van der Waals surface area contributed by atoms with Crippen molar-refractivity contribution < 1.29 is 14.3 Å². The molecule has 0 saturated carbocycles. The van der Waals surface area contributed by atoms with Gasteiger partial charge in [-0.1, -0.05) is 91.7 Å². The molecule has 0 aliphatic carbocycles. The molecular weight excluding hydrogens is 448 g/mol. The fraction of sp³-hybridized carbons (Fsp3) is 0.286. The highest BCUT2D eigenvalue weighted by Gasteiger charge is 1.92. The smallest absolute Gasteiger partial charge is 0.207 e. The van der Waals surface area contributed by atoms with Crippen LogP contribution in [0, 0.1) is 6.92 Å². The minimum Gasteiger partial charge on any atom is -0.497 e. The van der Waals surface area contributed by atoms with Crippen molar-refractivity contribution in [2.24, 2.45) is 0 Å². The predicted molar refractivity (Wildman–Crippen MR) is 143 cm³/mol. The first-order valence-electron chi connectivity index (χ1n) is 11.2. The third kappa shape index (κ3) is 16.3. The van der Waals surface area contributed by atoms with Gasteiger partial charge in [0, 0.05) is 18.1 Å². The number of ether oxygens (including phenoxy) is 1. The number of carbonyl (C=O) groups excluding carboxylic acids is 2. The van der Waals surface area contributed by atoms with E-state index in [2.05, 4.69) is 55.7 Å². The summed E-state index contributed by atoms with van der Waals surface area (Å²) in [6.07, 6.45) is 3.33. The van der Waals surface area contributed by atoms with Gasteiger partial charge in [0.15, 0.2) is 0 Å². The molecule has 0 bridgehead atoms. The van der Waals surface area contributed by atoms with E-state index in [9.17, 15) is 9.59 Å². The summed E-state index contributed by atoms with van der Waals surface area (Å²) in [6, 6.07) is 26.3. The van der Waals surface area contributed by atoms with Crippen LogP contribution in [-0.2, 0) is 22.4 Å². The van der Waals surface area contributed by atoms with Gasteiger partial charge in [-0.15, -0.1) is 0 Å². The third-order valence-corrected chi connectivity index (χ3v) is 4.80. The van der Waals surface area contributed by atoms with Crippen LogP contribution >= 0.6 is 11.6 Å². The van der Waals surface area contributed by atoms with Gasteiger partial charge in [0.1, 0.15) is 5.75 Å². The number of methoxy groups -OCH3 is 1. The number of benzene rings is 3. The zero-order valence-electron chi connectivity index (χ0n) is 20.6. The summed E-state index contributed by atoms with van der Waals surface area (Å²) in [7, 11) is 1.67. The fourth-order valence-electron chi connectivity index (χ4n) is 2.44. The van der Waals surface area contributed by atoms with E-state index < -0.39 is 0 Å². The molecule has 0 unspecified atom stereocenters. The van der Waals surface area contributed by atoms with Gasteiger partial charge in [-0.05, 0) is 49.1 Å². The van der Waals surface area contributed by atoms with Gasteiger partial charge >= 0.3 is 0 Å². The van der Waals surface area contributed by atoms with E-state index in [1.807, 2.05) is 54.6 Å². The maximum absolute atomic E-state index is 9.54. The second-order valence-corrected chi connectivity index (χ2v) is 7.35. The van der Waals surface area contributed by atoms with Gasteiger partial charge in [-0.3, -0.25) is 9.59 Å². The van der Waals surface area contributed by atoms with E-state index in [1.54, 1.807) is 7.11 Å². The maximum atomic E-state index is 9.54. The molecule has 0 aromatic heterocycles. The Morgan fingerprint density at radius 3 is 1.68 bits per heavy atom. The van der Waals surface area contributed by atoms with Crippen LogP contribution in [0.15, 0.2) is 78.9 Å². The largest absolute Gasteiger partial charge is 0.497 e. The van der Waals surface area contributed by atoms with Crippen LogP contribution in [0.5, 0.6) is 5.75 Å². The Balaban J connectivity index is 0.000000428. The Bertz CT molecular complexity index is 878. The monoisotopic (exact) mass is 484 g/mol. The lowest BCUT2D eigenvalue weighted by molar-refractivity contribution is -0.111. The minimum atomic E-state index is 0.488. The van der Waals surface area contributed by atoms with Gasteiger partial charge in [0.2, 0.25) is 12.8 Å². The summed E-state index contributed by atoms with van der Waals surface area (Å²) >= 11 is 5.82. The van der Waals surface area contributed by atoms with Crippen molar-refractivity contribution >= 4 is 24.4 Å². The summed E-state index contributed by atoms with van der Waals surface area (Å²) in [5.41, 5.74) is 3.89. The summed E-state index contributed by atoms with van der Waals surface area (Å²) in [6.45, 7) is 7.29. The van der Waals surface area contributed by atoms with Crippen LogP contribution in [0.2, 0.25) is 5.02 Å². The number of carbonyl (C=O) groups is 2. The molecule has 0 heterocycles. The summed E-state index contributed by atoms with van der Waals surface area (Å²) in [5, 5.41) is 5.64. The molecule has 6 heteroatoms. The number of hydrogen-bond donors (Lipinski definition) is 2. The molecule has 0 saturated heterocycles. The van der Waals surface area contributed by atoms with E-state index in [0.29, 0.717) is 25.9 Å². The number of aryl methyl sites for hydroxylation is 3. The SMILES string of the molecule is CCc1ccccc1.CCc1ccccc1Cl.COc1ccc(C)cc1.O=CNCCNC=O. The van der Waals surface area contributed by atoms with E-state index in [1.165, 1.54) is 16.7 Å². The van der Waals surface area contributed by atoms with E-state index in [0.717, 1.165) is 23.6 Å². The van der Waals surface area contributed by atoms with Crippen molar-refractivity contribution in [3.05, 3.63) is 101 Å². The number of halogens is 1. The molecule has 2 amide bonds. The number of amides is 2. The van der Waals surface area contributed by atoms with E-state index in [-0.39, 0.29) is 0 Å². The van der Waals surface area contributed by atoms with Crippen molar-refractivity contribution in [2.45, 2.75) is 33.6 Å². The molecule has 34 heavy (non-hydrogen) atoms. The molecule has 0 aliphatic rings. The average molecular weight is 485 g/mol. The molecule has 3 rings (SSSR count). The lowest BCUT2D eigenvalue weighted by Gasteiger charge is -1.97. The van der Waals surface area contributed by atoms with Gasteiger partial charge in [-0.2, -0.15) is 0 Å². The quantitative estimate of drug-likeness (QED) is 0.321. The molecule has 184 valence electrons. The lowest BCUT2D eigenvalue weighted by Crippen LogP contribution is -2.25. The summed E-state index contributed by atoms with van der Waals surface area (Å²) in [4.78, 5) is 19.1. The molecule has 3 aromatic carbocycles. The van der Waals surface area contributed by atoms with Crippen LogP contribution in [0.25, 0.3) is 0 Å². The lowest BCUT2D eigenvalue weighted by atomic mass is 10.2. The first-order valence-corrected chi connectivity index (χ1v) is 11.6. The molecule has 0 atom stereocenters. The van der Waals surface area contributed by atoms with Crippen molar-refractivity contribution in [3.63, 3.8) is 0 Å². The minimum absolute atomic E-state index is 0.488. The predicted octanol–water partition coefficient (Wildman–Crippen LogP) is 5.63. The molecule has 0 spiro atoms. The second-order valence-electron chi connectivity index (χ2n) is 6.95. The van der Waals surface area contributed by atoms with Gasteiger partial charge < -0.3 is 15.4 Å². The van der Waals surface area contributed by atoms with Gasteiger partial charge in [0.25, 0.3) is 0 Å². The van der Waals surface area contributed by atoms with Crippen molar-refractivity contribution in [2.75, 3.05) is 20.2 Å². The zero-order chi connectivity index (χ0) is 25.4. The Kier molecular flexibility index (Phi) is 19.4. The second kappa shape index (κ2) is 21.5. The van der Waals surface area contributed by atoms with E-state index >= 15 is 0 Å². The highest BCUT2D eigenvalue weighted by atomic mass is 35.5. The van der Waals surface area contributed by atoms with Gasteiger partial charge in [0.05, 0.1) is 7.11 Å². The number of rotatable bonds is 8. The Morgan fingerprint density at radius 1 is 0.765 bits per heavy atom. The molecule has 0 radical (unpaired) electrons. The van der Waals surface area contributed by atoms with Crippen molar-refractivity contribution in [1.29, 1.82) is 0 Å². The van der Waals surface area contributed by atoms with Crippen molar-refractivity contribution in [3.8, 4) is 5.75 Å².